The average Bonchev–Trinajstić information content (AvgIpc) is 3.00. The van der Waals surface area contributed by atoms with Crippen LogP contribution in [-0.2, 0) is 6.54 Å². The van der Waals surface area contributed by atoms with Gasteiger partial charge < -0.3 is 11.5 Å². The first-order chi connectivity index (χ1) is 12.5. The minimum absolute atomic E-state index is 0.0679. The molecule has 0 atom stereocenters. The molecule has 0 amide bonds. The van der Waals surface area contributed by atoms with Crippen LogP contribution in [0.15, 0.2) is 64.9 Å². The number of nitrogens with one attached hydrogen (secondary N) is 1. The molecule has 3 aromatic rings. The van der Waals surface area contributed by atoms with Crippen LogP contribution < -0.4 is 16.1 Å². The van der Waals surface area contributed by atoms with Crippen LogP contribution in [0.2, 0.25) is 0 Å². The Morgan fingerprint density at radius 3 is 2.54 bits per heavy atom. The third-order valence-electron chi connectivity index (χ3n) is 4.20. The molecule has 0 spiro atoms. The highest BCUT2D eigenvalue weighted by Crippen LogP contribution is 2.22. The molecule has 0 bridgehead atoms. The van der Waals surface area contributed by atoms with Gasteiger partial charge in [0.15, 0.2) is 6.54 Å². The van der Waals surface area contributed by atoms with Crippen LogP contribution in [0.5, 0.6) is 0 Å². The molecule has 5 N–H and O–H groups in total. The van der Waals surface area contributed by atoms with Crippen molar-refractivity contribution in [3.05, 3.63) is 77.0 Å². The molecule has 0 aliphatic rings. The summed E-state index contributed by atoms with van der Waals surface area (Å²) in [5, 5.41) is 11.1. The molecular weight excluding hydrogens is 324 g/mol. The van der Waals surface area contributed by atoms with Crippen molar-refractivity contribution in [3.8, 4) is 11.3 Å². The van der Waals surface area contributed by atoms with Crippen molar-refractivity contribution in [2.75, 3.05) is 0 Å². The number of guanidine groups is 1. The quantitative estimate of drug-likeness (QED) is 0.286. The molecule has 0 aliphatic heterocycles. The van der Waals surface area contributed by atoms with E-state index in [1.807, 2.05) is 29.1 Å². The molecule has 1 heterocycles. The summed E-state index contributed by atoms with van der Waals surface area (Å²) in [6.45, 7) is 4.94. The van der Waals surface area contributed by atoms with E-state index in [0.717, 1.165) is 23.4 Å². The molecule has 0 saturated carbocycles. The van der Waals surface area contributed by atoms with Gasteiger partial charge in [-0.2, -0.15) is 10.2 Å². The van der Waals surface area contributed by atoms with Gasteiger partial charge in [-0.3, -0.25) is 0 Å². The number of hydrogen-bond acceptors (Lipinski definition) is 2. The van der Waals surface area contributed by atoms with E-state index in [1.165, 1.54) is 16.7 Å². The van der Waals surface area contributed by atoms with Crippen molar-refractivity contribution in [1.29, 1.82) is 0 Å². The van der Waals surface area contributed by atoms with Gasteiger partial charge in [-0.1, -0.05) is 42.5 Å². The molecule has 0 aliphatic carbocycles. The molecule has 6 nitrogen and oxygen atoms in total. The van der Waals surface area contributed by atoms with Crippen LogP contribution in [-0.4, -0.2) is 17.3 Å². The topological polar surface area (TPSA) is 96.4 Å². The smallest absolute Gasteiger partial charge is 0.211 e. The van der Waals surface area contributed by atoms with E-state index < -0.39 is 0 Å². The summed E-state index contributed by atoms with van der Waals surface area (Å²) >= 11 is 0. The Bertz CT molecular complexity index is 950. The zero-order chi connectivity index (χ0) is 18.5. The molecule has 26 heavy (non-hydrogen) atoms. The third kappa shape index (κ3) is 4.16. The Labute approximate surface area is 152 Å². The predicted molar refractivity (Wildman–Crippen MR) is 105 cm³/mol. The number of aromatic nitrogens is 2. The van der Waals surface area contributed by atoms with Gasteiger partial charge in [0.25, 0.3) is 0 Å². The molecule has 6 heteroatoms. The summed E-state index contributed by atoms with van der Waals surface area (Å²) in [6.07, 6.45) is 3.66. The lowest BCUT2D eigenvalue weighted by atomic mass is 10.0. The Kier molecular flexibility index (Phi) is 5.12. The van der Waals surface area contributed by atoms with E-state index in [4.69, 9.17) is 11.5 Å². The first kappa shape index (κ1) is 17.4. The second-order valence-electron chi connectivity index (χ2n) is 6.25. The first-order valence-electron chi connectivity index (χ1n) is 8.39. The van der Waals surface area contributed by atoms with Crippen molar-refractivity contribution in [3.63, 3.8) is 0 Å². The Hall–Kier alpha value is -3.41. The minimum Gasteiger partial charge on any atom is -0.369 e. The number of rotatable bonds is 5. The molecule has 1 aromatic heterocycles. The third-order valence-corrected chi connectivity index (χ3v) is 4.20. The largest absolute Gasteiger partial charge is 0.369 e. The van der Waals surface area contributed by atoms with Gasteiger partial charge in [-0.05, 0) is 31.0 Å². The Morgan fingerprint density at radius 1 is 1.08 bits per heavy atom. The maximum atomic E-state index is 5.35. The van der Waals surface area contributed by atoms with Gasteiger partial charge in [0.1, 0.15) is 5.69 Å². The van der Waals surface area contributed by atoms with E-state index in [9.17, 15) is 0 Å². The predicted octanol–water partition coefficient (Wildman–Crippen LogP) is 2.24. The summed E-state index contributed by atoms with van der Waals surface area (Å²) < 4.78 is 2.02. The molecular formula is C20H23N6+. The fourth-order valence-corrected chi connectivity index (χ4v) is 2.72. The van der Waals surface area contributed by atoms with Gasteiger partial charge in [0, 0.05) is 11.1 Å². The molecule has 132 valence electrons. The van der Waals surface area contributed by atoms with Crippen LogP contribution in [0.4, 0.5) is 0 Å². The zero-order valence-electron chi connectivity index (χ0n) is 15.0. The fraction of sp³-hybridized carbons (Fsp3) is 0.150. The molecule has 0 radical (unpaired) electrons. The molecule has 3 rings (SSSR count). The number of hydrogen-bond donors (Lipinski definition) is 3. The number of nitrogens with zero attached hydrogens (tertiary/aromatic N) is 3. The van der Waals surface area contributed by atoms with E-state index in [1.54, 1.807) is 6.21 Å². The fourth-order valence-electron chi connectivity index (χ4n) is 2.72. The highest BCUT2D eigenvalue weighted by molar-refractivity contribution is 5.88. The van der Waals surface area contributed by atoms with Crippen LogP contribution in [0.3, 0.4) is 0 Å². The van der Waals surface area contributed by atoms with Gasteiger partial charge in [0.05, 0.1) is 11.8 Å². The summed E-state index contributed by atoms with van der Waals surface area (Å²) in [7, 11) is 0. The summed E-state index contributed by atoms with van der Waals surface area (Å²) in [6, 6.07) is 16.6. The number of nitrogens with two attached hydrogens (primary N) is 2. The molecule has 2 aromatic carbocycles. The second-order valence-corrected chi connectivity index (χ2v) is 6.25. The monoisotopic (exact) mass is 347 g/mol. The second kappa shape index (κ2) is 7.65. The summed E-state index contributed by atoms with van der Waals surface area (Å²) in [5.41, 5.74) is 17.4. The number of aryl methyl sites for hydroxylation is 2. The number of H-pyrrole nitrogens is 1. The lowest BCUT2D eigenvalue weighted by Crippen LogP contribution is -2.35. The maximum absolute atomic E-state index is 5.35. The highest BCUT2D eigenvalue weighted by atomic mass is 15.3. The van der Waals surface area contributed by atoms with Gasteiger partial charge in [-0.25, -0.2) is 0 Å². The van der Waals surface area contributed by atoms with E-state index >= 15 is 0 Å². The normalized spacial score (nSPS) is 11.0. The van der Waals surface area contributed by atoms with Crippen molar-refractivity contribution in [1.82, 2.24) is 5.10 Å². The number of benzene rings is 2. The van der Waals surface area contributed by atoms with E-state index in [0.29, 0.717) is 0 Å². The number of aromatic amines is 1. The maximum Gasteiger partial charge on any atom is 0.211 e. The SMILES string of the molecule is Cc1ccc(-c2[nH][n+](Cc3ccccc3)cc2/C=N/N=C(N)N)cc1C. The van der Waals surface area contributed by atoms with Crippen molar-refractivity contribution < 1.29 is 4.68 Å². The standard InChI is InChI=1S/C20H22N6/c1-14-8-9-17(10-15(14)2)19-18(11-23-24-20(21)22)13-26(25-19)12-16-6-4-3-5-7-16/h3-11,13H,12H2,1-2H3,(H4,21,22,24)/p+1/b23-11+. The Morgan fingerprint density at radius 2 is 1.85 bits per heavy atom. The van der Waals surface area contributed by atoms with Gasteiger partial charge in [0.2, 0.25) is 12.2 Å². The van der Waals surface area contributed by atoms with Crippen LogP contribution >= 0.6 is 0 Å². The molecule has 0 fully saturated rings. The van der Waals surface area contributed by atoms with E-state index in [-0.39, 0.29) is 5.96 Å². The first-order valence-corrected chi connectivity index (χ1v) is 8.39. The highest BCUT2D eigenvalue weighted by Gasteiger charge is 2.16. The summed E-state index contributed by atoms with van der Waals surface area (Å²) in [5.74, 6) is -0.0679. The molecule has 0 saturated heterocycles. The summed E-state index contributed by atoms with van der Waals surface area (Å²) in [4.78, 5) is 0. The molecule has 0 unspecified atom stereocenters. The van der Waals surface area contributed by atoms with Crippen molar-refractivity contribution >= 4 is 12.2 Å². The van der Waals surface area contributed by atoms with Crippen LogP contribution in [0, 0.1) is 13.8 Å². The minimum atomic E-state index is -0.0679. The average molecular weight is 347 g/mol. The van der Waals surface area contributed by atoms with E-state index in [2.05, 4.69) is 59.5 Å². The zero-order valence-corrected chi connectivity index (χ0v) is 15.0. The van der Waals surface area contributed by atoms with Crippen molar-refractivity contribution in [2.45, 2.75) is 20.4 Å². The lowest BCUT2D eigenvalue weighted by molar-refractivity contribution is -0.741. The van der Waals surface area contributed by atoms with Crippen LogP contribution in [0.25, 0.3) is 11.3 Å². The Balaban J connectivity index is 2.00. The van der Waals surface area contributed by atoms with Gasteiger partial charge in [-0.15, -0.1) is 9.78 Å². The van der Waals surface area contributed by atoms with Crippen LogP contribution in [0.1, 0.15) is 22.3 Å². The lowest BCUT2D eigenvalue weighted by Gasteiger charge is -2.03. The van der Waals surface area contributed by atoms with Gasteiger partial charge >= 0.3 is 0 Å². The van der Waals surface area contributed by atoms with Crippen molar-refractivity contribution in [2.24, 2.45) is 21.7 Å².